The van der Waals surface area contributed by atoms with Crippen LogP contribution in [-0.2, 0) is 11.3 Å². The molecule has 3 aliphatic rings. The highest BCUT2D eigenvalue weighted by molar-refractivity contribution is 6.39. The molecule has 0 radical (unpaired) electrons. The predicted octanol–water partition coefficient (Wildman–Crippen LogP) is 6.94. The Hall–Kier alpha value is -2.61. The quantitative estimate of drug-likeness (QED) is 0.356. The first kappa shape index (κ1) is 23.8. The van der Waals surface area contributed by atoms with E-state index in [-0.39, 0.29) is 29.7 Å². The number of carboxylic acid groups (broad SMARTS) is 1. The Balaban J connectivity index is 1.21. The number of rotatable bonds is 7. The fraction of sp³-hybridized carbons (Fsp3) is 0.407. The largest absolute Gasteiger partial charge is 0.478 e. The van der Waals surface area contributed by atoms with Gasteiger partial charge in [-0.25, -0.2) is 9.18 Å². The summed E-state index contributed by atoms with van der Waals surface area (Å²) >= 11 is 13.0. The summed E-state index contributed by atoms with van der Waals surface area (Å²) in [5.74, 6) is -0.227. The van der Waals surface area contributed by atoms with Crippen LogP contribution >= 0.6 is 23.2 Å². The van der Waals surface area contributed by atoms with Crippen molar-refractivity contribution < 1.29 is 23.6 Å². The van der Waals surface area contributed by atoms with Crippen LogP contribution in [-0.4, -0.2) is 34.4 Å². The second-order valence-corrected chi connectivity index (χ2v) is 10.8. The van der Waals surface area contributed by atoms with E-state index in [2.05, 4.69) is 17.0 Å². The fourth-order valence-corrected chi connectivity index (χ4v) is 6.55. The normalized spacial score (nSPS) is 25.1. The van der Waals surface area contributed by atoms with Crippen LogP contribution < -0.4 is 4.90 Å². The molecule has 9 heteroatoms. The van der Waals surface area contributed by atoms with Crippen molar-refractivity contribution in [2.75, 3.05) is 4.90 Å². The third kappa shape index (κ3) is 3.98. The molecule has 3 aromatic rings. The van der Waals surface area contributed by atoms with Crippen molar-refractivity contribution in [2.45, 2.75) is 63.3 Å². The lowest BCUT2D eigenvalue weighted by atomic mass is 9.96. The summed E-state index contributed by atoms with van der Waals surface area (Å²) in [6.07, 6.45) is 3.79. The molecule has 0 spiro atoms. The summed E-state index contributed by atoms with van der Waals surface area (Å²) in [6, 6.07) is 9.68. The topological polar surface area (TPSA) is 75.8 Å². The lowest BCUT2D eigenvalue weighted by Gasteiger charge is -2.39. The van der Waals surface area contributed by atoms with Crippen molar-refractivity contribution in [3.63, 3.8) is 0 Å². The lowest BCUT2D eigenvalue weighted by Crippen LogP contribution is -2.45. The van der Waals surface area contributed by atoms with Crippen molar-refractivity contribution in [1.29, 1.82) is 0 Å². The molecule has 6 nitrogen and oxygen atoms in total. The maximum absolute atomic E-state index is 14.8. The van der Waals surface area contributed by atoms with E-state index in [9.17, 15) is 9.18 Å². The molecule has 3 fully saturated rings. The molecule has 6 rings (SSSR count). The van der Waals surface area contributed by atoms with Gasteiger partial charge in [0.05, 0.1) is 34.0 Å². The Morgan fingerprint density at radius 2 is 1.97 bits per heavy atom. The van der Waals surface area contributed by atoms with Crippen molar-refractivity contribution in [3.05, 3.63) is 69.1 Å². The van der Waals surface area contributed by atoms with Gasteiger partial charge in [-0.15, -0.1) is 0 Å². The zero-order valence-electron chi connectivity index (χ0n) is 19.6. The third-order valence-electron chi connectivity index (χ3n) is 7.86. The van der Waals surface area contributed by atoms with Gasteiger partial charge in [-0.1, -0.05) is 34.4 Å². The molecule has 4 atom stereocenters. The molecule has 2 bridgehead atoms. The number of benzene rings is 2. The number of ether oxygens (including phenoxy) is 1. The first-order valence-electron chi connectivity index (χ1n) is 12.2. The van der Waals surface area contributed by atoms with E-state index in [0.717, 1.165) is 43.1 Å². The number of fused-ring (bicyclic) bond motifs is 2. The molecule has 0 amide bonds. The van der Waals surface area contributed by atoms with E-state index in [4.69, 9.17) is 37.6 Å². The lowest BCUT2D eigenvalue weighted by molar-refractivity contribution is 0.00360. The van der Waals surface area contributed by atoms with Crippen LogP contribution in [0.25, 0.3) is 11.3 Å². The first-order chi connectivity index (χ1) is 17.3. The van der Waals surface area contributed by atoms with Gasteiger partial charge in [0.15, 0.2) is 0 Å². The number of aromatic nitrogens is 1. The smallest absolute Gasteiger partial charge is 0.335 e. The minimum Gasteiger partial charge on any atom is -0.478 e. The molecule has 1 N–H and O–H groups in total. The third-order valence-corrected chi connectivity index (χ3v) is 8.49. The number of carbonyl (C=O) groups is 1. The number of hydrogen-bond acceptors (Lipinski definition) is 5. The first-order valence-corrected chi connectivity index (χ1v) is 12.9. The van der Waals surface area contributed by atoms with Gasteiger partial charge in [0.1, 0.15) is 17.3 Å². The number of aromatic carboxylic acids is 1. The zero-order valence-corrected chi connectivity index (χ0v) is 21.1. The van der Waals surface area contributed by atoms with Crippen LogP contribution in [0.5, 0.6) is 0 Å². The average Bonchev–Trinajstić information content (AvgIpc) is 3.35. The Bertz CT molecular complexity index is 1320. The Labute approximate surface area is 217 Å². The summed E-state index contributed by atoms with van der Waals surface area (Å²) in [5.41, 5.74) is 2.58. The average molecular weight is 531 g/mol. The van der Waals surface area contributed by atoms with Crippen molar-refractivity contribution in [1.82, 2.24) is 5.16 Å². The summed E-state index contributed by atoms with van der Waals surface area (Å²) in [5, 5.41) is 14.5. The van der Waals surface area contributed by atoms with Crippen molar-refractivity contribution in [2.24, 2.45) is 5.92 Å². The number of halogens is 3. The van der Waals surface area contributed by atoms with E-state index in [1.807, 2.05) is 0 Å². The Morgan fingerprint density at radius 3 is 2.61 bits per heavy atom. The number of carboxylic acids is 1. The fourth-order valence-electron chi connectivity index (χ4n) is 5.97. The van der Waals surface area contributed by atoms with Crippen LogP contribution in [0, 0.1) is 11.7 Å². The number of piperidine rings is 1. The standard InChI is InChI=1S/C27H25Cl2FN2O4/c1-13-17-10-16(32(13)22-8-7-15(27(33)34)9-21(22)30)11-23(17)35-12-18-25(31-36-26(18)14-5-6-14)24-19(28)3-2-4-20(24)29/h2-4,7-9,13-14,16-17,23H,5-6,10-12H2,1H3,(H,33,34). The molecule has 4 unspecified atom stereocenters. The van der Waals surface area contributed by atoms with Crippen LogP contribution in [0.1, 0.15) is 60.2 Å². The molecular formula is C27H25Cl2FN2O4. The second kappa shape index (κ2) is 9.05. The summed E-state index contributed by atoms with van der Waals surface area (Å²) < 4.78 is 27.1. The molecular weight excluding hydrogens is 506 g/mol. The molecule has 188 valence electrons. The van der Waals surface area contributed by atoms with Gasteiger partial charge in [-0.2, -0.15) is 0 Å². The van der Waals surface area contributed by atoms with Gasteiger partial charge in [-0.3, -0.25) is 0 Å². The van der Waals surface area contributed by atoms with Gasteiger partial charge >= 0.3 is 5.97 Å². The van der Waals surface area contributed by atoms with Crippen molar-refractivity contribution in [3.8, 4) is 11.3 Å². The Morgan fingerprint density at radius 1 is 1.22 bits per heavy atom. The summed E-state index contributed by atoms with van der Waals surface area (Å²) in [6.45, 7) is 2.42. The van der Waals surface area contributed by atoms with E-state index >= 15 is 0 Å². The highest BCUT2D eigenvalue weighted by Crippen LogP contribution is 2.49. The van der Waals surface area contributed by atoms with Crippen LogP contribution in [0.4, 0.5) is 10.1 Å². The minimum atomic E-state index is -1.14. The number of nitrogens with zero attached hydrogens (tertiary/aromatic N) is 2. The maximum Gasteiger partial charge on any atom is 0.335 e. The van der Waals surface area contributed by atoms with Gasteiger partial charge < -0.3 is 19.3 Å². The highest BCUT2D eigenvalue weighted by atomic mass is 35.5. The van der Waals surface area contributed by atoms with Crippen LogP contribution in [0.2, 0.25) is 10.0 Å². The molecule has 2 aliphatic carbocycles. The number of anilines is 1. The highest BCUT2D eigenvalue weighted by Gasteiger charge is 2.50. The molecule has 1 aliphatic heterocycles. The molecule has 1 aromatic heterocycles. The van der Waals surface area contributed by atoms with Gasteiger partial charge in [-0.05, 0) is 62.9 Å². The molecule has 36 heavy (non-hydrogen) atoms. The van der Waals surface area contributed by atoms with E-state index < -0.39 is 11.8 Å². The van der Waals surface area contributed by atoms with Crippen molar-refractivity contribution >= 4 is 34.9 Å². The number of hydrogen-bond donors (Lipinski definition) is 1. The SMILES string of the molecule is CC1C2CC(CC2OCc2c(-c3c(Cl)cccc3Cl)noc2C2CC2)N1c1ccc(C(=O)O)cc1F. The van der Waals surface area contributed by atoms with Gasteiger partial charge in [0, 0.05) is 35.0 Å². The van der Waals surface area contributed by atoms with E-state index in [0.29, 0.717) is 39.5 Å². The van der Waals surface area contributed by atoms with E-state index in [1.165, 1.54) is 6.07 Å². The summed E-state index contributed by atoms with van der Waals surface area (Å²) in [4.78, 5) is 13.3. The Kier molecular flexibility index (Phi) is 5.97. The van der Waals surface area contributed by atoms with E-state index in [1.54, 1.807) is 24.3 Å². The second-order valence-electron chi connectivity index (χ2n) is 10.0. The molecule has 1 saturated heterocycles. The molecule has 2 aromatic carbocycles. The summed E-state index contributed by atoms with van der Waals surface area (Å²) in [7, 11) is 0. The maximum atomic E-state index is 14.8. The molecule has 2 saturated carbocycles. The van der Waals surface area contributed by atoms with Crippen LogP contribution in [0.3, 0.4) is 0 Å². The monoisotopic (exact) mass is 530 g/mol. The van der Waals surface area contributed by atoms with Gasteiger partial charge in [0.25, 0.3) is 0 Å². The predicted molar refractivity (Wildman–Crippen MR) is 134 cm³/mol. The van der Waals surface area contributed by atoms with Crippen LogP contribution in [0.15, 0.2) is 40.9 Å². The zero-order chi connectivity index (χ0) is 25.1. The van der Waals surface area contributed by atoms with Gasteiger partial charge in [0.2, 0.25) is 0 Å². The minimum absolute atomic E-state index is 0.0131. The molecule has 2 heterocycles.